The smallest absolute Gasteiger partial charge is 0.138 e. The lowest BCUT2D eigenvalue weighted by atomic mass is 10.0. The van der Waals surface area contributed by atoms with E-state index in [9.17, 15) is 5.26 Å². The first-order chi connectivity index (χ1) is 12.7. The molecule has 0 saturated heterocycles. The second kappa shape index (κ2) is 8.22. The summed E-state index contributed by atoms with van der Waals surface area (Å²) in [4.78, 5) is 0. The van der Waals surface area contributed by atoms with Crippen LogP contribution in [0.3, 0.4) is 0 Å². The third kappa shape index (κ3) is 4.43. The van der Waals surface area contributed by atoms with Gasteiger partial charge in [-0.1, -0.05) is 48.5 Å². The molecule has 3 heteroatoms. The normalized spacial score (nSPS) is 10.4. The van der Waals surface area contributed by atoms with Gasteiger partial charge in [-0.25, -0.2) is 0 Å². The monoisotopic (exact) mass is 343 g/mol. The molecule has 0 N–H and O–H groups in total. The molecule has 0 unspecified atom stereocenters. The van der Waals surface area contributed by atoms with Crippen molar-refractivity contribution < 1.29 is 9.47 Å². The molecule has 3 nitrogen and oxygen atoms in total. The number of rotatable bonds is 6. The van der Waals surface area contributed by atoms with Gasteiger partial charge in [0.25, 0.3) is 0 Å². The molecule has 130 valence electrons. The molecule has 0 bridgehead atoms. The maximum Gasteiger partial charge on any atom is 0.138 e. The molecule has 0 aliphatic rings. The molecule has 3 aromatic carbocycles. The van der Waals surface area contributed by atoms with Crippen LogP contribution in [0.1, 0.15) is 25.0 Å². The second-order valence-corrected chi connectivity index (χ2v) is 6.29. The number of hydrogen-bond donors (Lipinski definition) is 0. The summed E-state index contributed by atoms with van der Waals surface area (Å²) < 4.78 is 11.7. The maximum atomic E-state index is 9.27. The highest BCUT2D eigenvalue weighted by molar-refractivity contribution is 5.68. The van der Waals surface area contributed by atoms with Crippen molar-refractivity contribution in [3.63, 3.8) is 0 Å². The van der Waals surface area contributed by atoms with E-state index in [0.717, 1.165) is 22.4 Å². The fraction of sp³-hybridized carbons (Fsp3) is 0.174. The molecule has 0 aliphatic carbocycles. The molecule has 0 amide bonds. The molecule has 0 aromatic heterocycles. The summed E-state index contributed by atoms with van der Waals surface area (Å²) in [6.07, 6.45) is 0.0119. The number of nitriles is 1. The van der Waals surface area contributed by atoms with Gasteiger partial charge in [0, 0.05) is 0 Å². The average molecular weight is 343 g/mol. The van der Waals surface area contributed by atoms with Crippen molar-refractivity contribution in [2.24, 2.45) is 0 Å². The second-order valence-electron chi connectivity index (χ2n) is 6.29. The Morgan fingerprint density at radius 1 is 0.885 bits per heavy atom. The lowest BCUT2D eigenvalue weighted by Crippen LogP contribution is -2.06. The summed E-state index contributed by atoms with van der Waals surface area (Å²) in [6, 6.07) is 25.8. The Kier molecular flexibility index (Phi) is 5.56. The van der Waals surface area contributed by atoms with E-state index in [1.807, 2.05) is 80.6 Å². The van der Waals surface area contributed by atoms with Crippen LogP contribution in [0.5, 0.6) is 11.5 Å². The van der Waals surface area contributed by atoms with Crippen LogP contribution >= 0.6 is 0 Å². The highest BCUT2D eigenvalue weighted by Crippen LogP contribution is 2.30. The summed E-state index contributed by atoms with van der Waals surface area (Å²) in [5.41, 5.74) is 3.68. The zero-order valence-electron chi connectivity index (χ0n) is 15.0. The van der Waals surface area contributed by atoms with Gasteiger partial charge < -0.3 is 9.47 Å². The topological polar surface area (TPSA) is 42.2 Å². The molecule has 0 heterocycles. The predicted octanol–water partition coefficient (Wildman–Crippen LogP) is 5.59. The molecular weight excluding hydrogens is 322 g/mol. The first-order valence-electron chi connectivity index (χ1n) is 8.63. The summed E-state index contributed by atoms with van der Waals surface area (Å²) in [6.45, 7) is 4.43. The van der Waals surface area contributed by atoms with Gasteiger partial charge in [0.05, 0.1) is 11.7 Å². The highest BCUT2D eigenvalue weighted by atomic mass is 16.5. The summed E-state index contributed by atoms with van der Waals surface area (Å²) in [5.74, 6) is 1.41. The molecule has 3 aromatic rings. The SMILES string of the molecule is CC(C)Oc1cc(-c2cccc(OCc3ccccc3)c2)ccc1C#N. The van der Waals surface area contributed by atoms with Gasteiger partial charge in [-0.05, 0) is 54.8 Å². The van der Waals surface area contributed by atoms with Gasteiger partial charge in [-0.3, -0.25) is 0 Å². The lowest BCUT2D eigenvalue weighted by molar-refractivity contribution is 0.242. The minimum absolute atomic E-state index is 0.0119. The van der Waals surface area contributed by atoms with Gasteiger partial charge in [0.2, 0.25) is 0 Å². The van der Waals surface area contributed by atoms with Crippen molar-refractivity contribution in [3.05, 3.63) is 83.9 Å². The van der Waals surface area contributed by atoms with Crippen LogP contribution in [0.4, 0.5) is 0 Å². The quantitative estimate of drug-likeness (QED) is 0.586. The van der Waals surface area contributed by atoms with Crippen molar-refractivity contribution in [1.29, 1.82) is 5.26 Å². The molecule has 3 rings (SSSR count). The van der Waals surface area contributed by atoms with Crippen LogP contribution in [-0.2, 0) is 6.61 Å². The van der Waals surface area contributed by atoms with Crippen molar-refractivity contribution in [2.45, 2.75) is 26.6 Å². The maximum absolute atomic E-state index is 9.27. The van der Waals surface area contributed by atoms with Crippen molar-refractivity contribution in [3.8, 4) is 28.7 Å². The Morgan fingerprint density at radius 3 is 2.38 bits per heavy atom. The first-order valence-corrected chi connectivity index (χ1v) is 8.63. The van der Waals surface area contributed by atoms with Crippen molar-refractivity contribution in [2.75, 3.05) is 0 Å². The Bertz CT molecular complexity index is 911. The van der Waals surface area contributed by atoms with Crippen molar-refractivity contribution >= 4 is 0 Å². The zero-order valence-corrected chi connectivity index (χ0v) is 15.0. The van der Waals surface area contributed by atoms with Crippen LogP contribution in [0.15, 0.2) is 72.8 Å². The molecule has 0 atom stereocenters. The molecule has 0 spiro atoms. The summed E-state index contributed by atoms with van der Waals surface area (Å²) >= 11 is 0. The Morgan fingerprint density at radius 2 is 1.65 bits per heavy atom. The van der Waals surface area contributed by atoms with Gasteiger partial charge in [-0.15, -0.1) is 0 Å². The fourth-order valence-electron chi connectivity index (χ4n) is 2.65. The van der Waals surface area contributed by atoms with E-state index in [1.165, 1.54) is 0 Å². The van der Waals surface area contributed by atoms with E-state index in [0.29, 0.717) is 17.9 Å². The van der Waals surface area contributed by atoms with Crippen LogP contribution in [0.25, 0.3) is 11.1 Å². The number of ether oxygens (including phenoxy) is 2. The average Bonchev–Trinajstić information content (AvgIpc) is 2.67. The molecule has 0 radical (unpaired) electrons. The van der Waals surface area contributed by atoms with Gasteiger partial charge in [-0.2, -0.15) is 5.26 Å². The van der Waals surface area contributed by atoms with E-state index in [-0.39, 0.29) is 6.10 Å². The summed E-state index contributed by atoms with van der Waals surface area (Å²) in [7, 11) is 0. The lowest BCUT2D eigenvalue weighted by Gasteiger charge is -2.13. The number of nitrogens with zero attached hydrogens (tertiary/aromatic N) is 1. The van der Waals surface area contributed by atoms with Crippen LogP contribution in [-0.4, -0.2) is 6.10 Å². The standard InChI is InChI=1S/C23H21NO2/c1-17(2)26-23-14-20(11-12-21(23)15-24)19-9-6-10-22(13-19)25-16-18-7-4-3-5-8-18/h3-14,17H,16H2,1-2H3. The van der Waals surface area contributed by atoms with E-state index >= 15 is 0 Å². The Balaban J connectivity index is 1.82. The van der Waals surface area contributed by atoms with E-state index in [1.54, 1.807) is 6.07 Å². The minimum Gasteiger partial charge on any atom is -0.490 e. The molecule has 26 heavy (non-hydrogen) atoms. The van der Waals surface area contributed by atoms with Crippen LogP contribution in [0, 0.1) is 11.3 Å². The highest BCUT2D eigenvalue weighted by Gasteiger charge is 2.09. The molecule has 0 aliphatic heterocycles. The van der Waals surface area contributed by atoms with E-state index < -0.39 is 0 Å². The van der Waals surface area contributed by atoms with Crippen LogP contribution < -0.4 is 9.47 Å². The molecule has 0 fully saturated rings. The first kappa shape index (κ1) is 17.6. The largest absolute Gasteiger partial charge is 0.490 e. The van der Waals surface area contributed by atoms with E-state index in [4.69, 9.17) is 9.47 Å². The third-order valence-corrected chi connectivity index (χ3v) is 3.88. The molecular formula is C23H21NO2. The van der Waals surface area contributed by atoms with E-state index in [2.05, 4.69) is 6.07 Å². The Labute approximate surface area is 154 Å². The zero-order chi connectivity index (χ0) is 18.4. The van der Waals surface area contributed by atoms with Gasteiger partial charge >= 0.3 is 0 Å². The fourth-order valence-corrected chi connectivity index (χ4v) is 2.65. The predicted molar refractivity (Wildman–Crippen MR) is 103 cm³/mol. The summed E-state index contributed by atoms with van der Waals surface area (Å²) in [5, 5.41) is 9.27. The Hall–Kier alpha value is -3.25. The molecule has 0 saturated carbocycles. The third-order valence-electron chi connectivity index (χ3n) is 3.88. The van der Waals surface area contributed by atoms with Gasteiger partial charge in [0.15, 0.2) is 0 Å². The van der Waals surface area contributed by atoms with Crippen LogP contribution in [0.2, 0.25) is 0 Å². The number of hydrogen-bond acceptors (Lipinski definition) is 3. The number of benzene rings is 3. The minimum atomic E-state index is 0.0119. The van der Waals surface area contributed by atoms with Crippen molar-refractivity contribution in [1.82, 2.24) is 0 Å². The van der Waals surface area contributed by atoms with Gasteiger partial charge in [0.1, 0.15) is 24.2 Å².